The third-order valence-electron chi connectivity index (χ3n) is 6.00. The number of rotatable bonds is 5. The van der Waals surface area contributed by atoms with E-state index in [4.69, 9.17) is 18.9 Å². The molecular weight excluding hydrogens is 458 g/mol. The lowest BCUT2D eigenvalue weighted by molar-refractivity contribution is -0.141. The van der Waals surface area contributed by atoms with E-state index in [0.29, 0.717) is 30.5 Å². The summed E-state index contributed by atoms with van der Waals surface area (Å²) in [4.78, 5) is 46.0. The van der Waals surface area contributed by atoms with E-state index in [9.17, 15) is 9.59 Å². The van der Waals surface area contributed by atoms with Crippen molar-refractivity contribution in [1.82, 2.24) is 19.9 Å². The zero-order valence-electron chi connectivity index (χ0n) is 19.8. The van der Waals surface area contributed by atoms with Crippen molar-refractivity contribution in [1.29, 1.82) is 0 Å². The van der Waals surface area contributed by atoms with Gasteiger partial charge in [-0.25, -0.2) is 24.5 Å². The highest BCUT2D eigenvalue weighted by molar-refractivity contribution is 6.03. The molecule has 13 nitrogen and oxygen atoms in total. The van der Waals surface area contributed by atoms with E-state index in [1.54, 1.807) is 17.2 Å². The smallest absolute Gasteiger partial charge is 0.376 e. The van der Waals surface area contributed by atoms with Crippen molar-refractivity contribution in [2.24, 2.45) is 0 Å². The van der Waals surface area contributed by atoms with E-state index in [1.807, 2.05) is 13.8 Å². The second kappa shape index (κ2) is 9.23. The Hall–Kier alpha value is -3.58. The fourth-order valence-corrected chi connectivity index (χ4v) is 4.44. The Bertz CT molecular complexity index is 1130. The number of esters is 1. The van der Waals surface area contributed by atoms with Crippen LogP contribution in [0, 0.1) is 0 Å². The van der Waals surface area contributed by atoms with Gasteiger partial charge in [-0.2, -0.15) is 4.98 Å². The van der Waals surface area contributed by atoms with Crippen LogP contribution in [0.25, 0.3) is 0 Å². The van der Waals surface area contributed by atoms with Gasteiger partial charge in [-0.1, -0.05) is 0 Å². The van der Waals surface area contributed by atoms with Crippen molar-refractivity contribution >= 4 is 29.5 Å². The van der Waals surface area contributed by atoms with E-state index in [2.05, 4.69) is 30.2 Å². The van der Waals surface area contributed by atoms with Crippen LogP contribution in [0.3, 0.4) is 0 Å². The molecule has 0 saturated carbocycles. The summed E-state index contributed by atoms with van der Waals surface area (Å²) in [6, 6.07) is 1.01. The van der Waals surface area contributed by atoms with Crippen molar-refractivity contribution in [3.05, 3.63) is 24.3 Å². The predicted octanol–water partition coefficient (Wildman–Crippen LogP) is 1.60. The molecule has 5 rings (SSSR count). The number of aromatic nitrogens is 4. The molecule has 0 spiro atoms. The SMILES string of the molecule is COC(=O)c1ncc2c(n1)N(C(=O)Nc1nccc(OCC3COC(C)(C)O3)n1)[C@H]1CCCN2C1. The molecule has 2 fully saturated rings. The van der Waals surface area contributed by atoms with E-state index in [1.165, 1.54) is 13.3 Å². The molecule has 2 amide bonds. The van der Waals surface area contributed by atoms with Crippen LogP contribution in [0.15, 0.2) is 18.5 Å². The summed E-state index contributed by atoms with van der Waals surface area (Å²) in [5, 5.41) is 2.73. The maximum absolute atomic E-state index is 13.4. The lowest BCUT2D eigenvalue weighted by Crippen LogP contribution is -2.56. The fraction of sp³-hybridized carbons (Fsp3) is 0.545. The average Bonchev–Trinajstić information content (AvgIpc) is 3.21. The molecule has 5 heterocycles. The maximum Gasteiger partial charge on any atom is 0.376 e. The van der Waals surface area contributed by atoms with Crippen molar-refractivity contribution in [2.75, 3.05) is 48.5 Å². The van der Waals surface area contributed by atoms with E-state index >= 15 is 0 Å². The van der Waals surface area contributed by atoms with Gasteiger partial charge in [0.1, 0.15) is 12.7 Å². The van der Waals surface area contributed by atoms with Gasteiger partial charge in [-0.05, 0) is 26.7 Å². The lowest BCUT2D eigenvalue weighted by Gasteiger charge is -2.45. The number of anilines is 3. The molecule has 1 N–H and O–H groups in total. The largest absolute Gasteiger partial charge is 0.475 e. The van der Waals surface area contributed by atoms with Crippen LogP contribution >= 0.6 is 0 Å². The first-order chi connectivity index (χ1) is 16.8. The Balaban J connectivity index is 1.33. The molecule has 1 unspecified atom stereocenters. The second-order valence-corrected chi connectivity index (χ2v) is 8.92. The Morgan fingerprint density at radius 3 is 2.91 bits per heavy atom. The van der Waals surface area contributed by atoms with Gasteiger partial charge in [0.25, 0.3) is 0 Å². The molecule has 2 atom stereocenters. The molecule has 35 heavy (non-hydrogen) atoms. The van der Waals surface area contributed by atoms with Gasteiger partial charge in [0, 0.05) is 25.4 Å². The Labute approximate surface area is 201 Å². The minimum absolute atomic E-state index is 0.0819. The standard InChI is InChI=1S/C22H27N7O6/c1-22(2)34-12-14(35-22)11-33-16-6-7-23-20(25-16)27-21(31)29-13-5-4-8-28(10-13)15-9-24-17(19(30)32-3)26-18(15)29/h6-7,9,13-14H,4-5,8,10-12H2,1-3H3,(H,23,25,27,31)/t13-,14?/m0/s1. The summed E-state index contributed by atoms with van der Waals surface area (Å²) in [7, 11) is 1.26. The van der Waals surface area contributed by atoms with Crippen molar-refractivity contribution in [3.8, 4) is 5.88 Å². The molecule has 2 bridgehead atoms. The summed E-state index contributed by atoms with van der Waals surface area (Å²) >= 11 is 0. The highest BCUT2D eigenvalue weighted by Gasteiger charge is 2.39. The van der Waals surface area contributed by atoms with E-state index in [0.717, 1.165) is 19.4 Å². The van der Waals surface area contributed by atoms with Crippen LogP contribution in [0.5, 0.6) is 5.88 Å². The lowest BCUT2D eigenvalue weighted by atomic mass is 10.0. The van der Waals surface area contributed by atoms with Crippen LogP contribution in [-0.4, -0.2) is 83.3 Å². The summed E-state index contributed by atoms with van der Waals surface area (Å²) < 4.78 is 21.7. The molecule has 0 aromatic carbocycles. The molecular formula is C22H27N7O6. The number of hydrogen-bond donors (Lipinski definition) is 1. The van der Waals surface area contributed by atoms with Crippen LogP contribution in [-0.2, 0) is 14.2 Å². The van der Waals surface area contributed by atoms with Crippen molar-refractivity contribution in [2.45, 2.75) is 44.6 Å². The van der Waals surface area contributed by atoms with Gasteiger partial charge in [0.2, 0.25) is 17.7 Å². The summed E-state index contributed by atoms with van der Waals surface area (Å²) in [6.45, 7) is 5.83. The Morgan fingerprint density at radius 2 is 2.14 bits per heavy atom. The third-order valence-corrected chi connectivity index (χ3v) is 6.00. The number of carbonyl (C=O) groups is 2. The molecule has 13 heteroatoms. The molecule has 2 saturated heterocycles. The number of fused-ring (bicyclic) bond motifs is 4. The summed E-state index contributed by atoms with van der Waals surface area (Å²) in [5.41, 5.74) is 0.684. The third kappa shape index (κ3) is 4.82. The Morgan fingerprint density at radius 1 is 1.29 bits per heavy atom. The van der Waals surface area contributed by atoms with Crippen LogP contribution in [0.4, 0.5) is 22.2 Å². The molecule has 3 aliphatic heterocycles. The number of nitrogens with one attached hydrogen (secondary N) is 1. The highest BCUT2D eigenvalue weighted by atomic mass is 16.7. The van der Waals surface area contributed by atoms with Crippen LogP contribution < -0.4 is 19.9 Å². The monoisotopic (exact) mass is 485 g/mol. The Kier molecular flexibility index (Phi) is 6.11. The molecule has 3 aliphatic rings. The number of ether oxygens (including phenoxy) is 4. The van der Waals surface area contributed by atoms with Crippen LogP contribution in [0.2, 0.25) is 0 Å². The number of hydrogen-bond acceptors (Lipinski definition) is 11. The maximum atomic E-state index is 13.4. The van der Waals surface area contributed by atoms with Gasteiger partial charge in [-0.15, -0.1) is 0 Å². The van der Waals surface area contributed by atoms with E-state index < -0.39 is 17.8 Å². The van der Waals surface area contributed by atoms with Gasteiger partial charge in [0.05, 0.1) is 31.6 Å². The molecule has 0 aliphatic carbocycles. The summed E-state index contributed by atoms with van der Waals surface area (Å²) in [5.74, 6) is -0.706. The highest BCUT2D eigenvalue weighted by Crippen LogP contribution is 2.37. The number of amides is 2. The summed E-state index contributed by atoms with van der Waals surface area (Å²) in [6.07, 6.45) is 4.54. The topological polar surface area (TPSA) is 141 Å². The average molecular weight is 486 g/mol. The first-order valence-electron chi connectivity index (χ1n) is 11.4. The first kappa shape index (κ1) is 23.2. The first-order valence-corrected chi connectivity index (χ1v) is 11.4. The van der Waals surface area contributed by atoms with Gasteiger partial charge in [-0.3, -0.25) is 10.2 Å². The number of nitrogens with zero attached hydrogens (tertiary/aromatic N) is 6. The zero-order valence-corrected chi connectivity index (χ0v) is 19.8. The minimum atomic E-state index is -0.674. The molecule has 186 valence electrons. The fourth-order valence-electron chi connectivity index (χ4n) is 4.44. The minimum Gasteiger partial charge on any atom is -0.475 e. The van der Waals surface area contributed by atoms with Gasteiger partial charge < -0.3 is 23.8 Å². The predicted molar refractivity (Wildman–Crippen MR) is 123 cm³/mol. The quantitative estimate of drug-likeness (QED) is 0.617. The van der Waals surface area contributed by atoms with Gasteiger partial charge >= 0.3 is 12.0 Å². The number of carbonyl (C=O) groups excluding carboxylic acids is 2. The molecule has 2 aromatic heterocycles. The van der Waals surface area contributed by atoms with Crippen LogP contribution in [0.1, 0.15) is 37.3 Å². The van der Waals surface area contributed by atoms with Crippen molar-refractivity contribution < 1.29 is 28.5 Å². The molecule has 0 radical (unpaired) electrons. The van der Waals surface area contributed by atoms with E-state index in [-0.39, 0.29) is 30.5 Å². The number of piperidine rings is 1. The number of urea groups is 1. The number of methoxy groups -OCH3 is 1. The zero-order chi connectivity index (χ0) is 24.6. The second-order valence-electron chi connectivity index (χ2n) is 8.92. The normalized spacial score (nSPS) is 22.4. The molecule has 2 aromatic rings. The van der Waals surface area contributed by atoms with Gasteiger partial charge in [0.15, 0.2) is 11.6 Å². The van der Waals surface area contributed by atoms with Crippen molar-refractivity contribution in [3.63, 3.8) is 0 Å².